The Balaban J connectivity index is 2.43. The van der Waals surface area contributed by atoms with Crippen LogP contribution in [0.15, 0.2) is 24.4 Å². The molecule has 0 unspecified atom stereocenters. The van der Waals surface area contributed by atoms with Crippen LogP contribution in [0.25, 0.3) is 10.8 Å². The van der Waals surface area contributed by atoms with Gasteiger partial charge in [0.1, 0.15) is 0 Å². The van der Waals surface area contributed by atoms with Crippen molar-refractivity contribution in [2.45, 2.75) is 0 Å². The fourth-order valence-electron chi connectivity index (χ4n) is 1.65. The average Bonchev–Trinajstić information content (AvgIpc) is 2.37. The van der Waals surface area contributed by atoms with Crippen LogP contribution in [0.4, 0.5) is 0 Å². The lowest BCUT2D eigenvalue weighted by Crippen LogP contribution is -2.39. The Morgan fingerprint density at radius 3 is 2.79 bits per heavy atom. The van der Waals surface area contributed by atoms with Crippen molar-refractivity contribution in [3.05, 3.63) is 33.7 Å². The molecule has 19 heavy (non-hydrogen) atoms. The lowest BCUT2D eigenvalue weighted by atomic mass is 10.1. The van der Waals surface area contributed by atoms with Crippen LogP contribution in [0.5, 0.6) is 5.75 Å². The molecule has 0 saturated heterocycles. The first-order chi connectivity index (χ1) is 9.00. The molecule has 3 N–H and O–H groups in total. The predicted molar refractivity (Wildman–Crippen MR) is 72.2 cm³/mol. The molecule has 1 aromatic carbocycles. The molecule has 0 aliphatic heterocycles. The zero-order valence-electron chi connectivity index (χ0n) is 9.57. The third-order valence-electron chi connectivity index (χ3n) is 2.53. The number of rotatable bonds is 3. The Hall–Kier alpha value is -1.90. The van der Waals surface area contributed by atoms with Crippen molar-refractivity contribution >= 4 is 45.2 Å². The SMILES string of the molecule is O=C([O-])CNC(=O)c1[nH+]cc2c(I)cccc2c1O. The number of halogens is 1. The van der Waals surface area contributed by atoms with Crippen LogP contribution in [0.2, 0.25) is 0 Å². The lowest BCUT2D eigenvalue weighted by Gasteiger charge is -2.05. The number of H-pyrrole nitrogens is 1. The van der Waals surface area contributed by atoms with Gasteiger partial charge in [0.25, 0.3) is 0 Å². The molecule has 0 aliphatic carbocycles. The first-order valence-corrected chi connectivity index (χ1v) is 6.38. The minimum absolute atomic E-state index is 0.0873. The molecule has 2 rings (SSSR count). The van der Waals surface area contributed by atoms with E-state index in [2.05, 4.69) is 32.9 Å². The third-order valence-corrected chi connectivity index (χ3v) is 3.47. The largest absolute Gasteiger partial charge is 0.548 e. The summed E-state index contributed by atoms with van der Waals surface area (Å²) in [7, 11) is 0. The highest BCUT2D eigenvalue weighted by Crippen LogP contribution is 2.28. The molecule has 1 aromatic heterocycles. The van der Waals surface area contributed by atoms with E-state index in [1.54, 1.807) is 18.3 Å². The second-order valence-electron chi connectivity index (χ2n) is 3.77. The predicted octanol–water partition coefficient (Wildman–Crippen LogP) is -0.556. The molecule has 0 radical (unpaired) electrons. The maximum Gasteiger partial charge on any atom is 0.320 e. The Morgan fingerprint density at radius 2 is 2.11 bits per heavy atom. The standard InChI is InChI=1S/C12H9IN2O4/c13-8-3-1-2-6-7(8)4-14-10(11(6)18)12(19)15-5-9(16)17/h1-4,18H,5H2,(H,15,19)(H,16,17). The minimum Gasteiger partial charge on any atom is -0.548 e. The van der Waals surface area contributed by atoms with Gasteiger partial charge in [-0.3, -0.25) is 4.79 Å². The van der Waals surface area contributed by atoms with Gasteiger partial charge in [0, 0.05) is 8.96 Å². The van der Waals surface area contributed by atoms with Crippen molar-refractivity contribution in [1.82, 2.24) is 5.32 Å². The molecule has 0 aliphatic rings. The maximum atomic E-state index is 11.7. The lowest BCUT2D eigenvalue weighted by molar-refractivity contribution is -0.381. The number of hydrogen-bond acceptors (Lipinski definition) is 4. The number of carbonyl (C=O) groups is 2. The van der Waals surface area contributed by atoms with Gasteiger partial charge in [-0.25, -0.2) is 4.98 Å². The molecule has 1 heterocycles. The number of pyridine rings is 1. The number of aromatic nitrogens is 1. The smallest absolute Gasteiger partial charge is 0.320 e. The van der Waals surface area contributed by atoms with Crippen LogP contribution in [0.1, 0.15) is 10.5 Å². The van der Waals surface area contributed by atoms with E-state index in [4.69, 9.17) is 0 Å². The van der Waals surface area contributed by atoms with Crippen LogP contribution in [0, 0.1) is 3.57 Å². The van der Waals surface area contributed by atoms with Crippen LogP contribution in [-0.2, 0) is 4.79 Å². The number of benzene rings is 1. The number of fused-ring (bicyclic) bond motifs is 1. The van der Waals surface area contributed by atoms with Crippen molar-refractivity contribution in [3.63, 3.8) is 0 Å². The fourth-order valence-corrected chi connectivity index (χ4v) is 2.31. The zero-order chi connectivity index (χ0) is 14.0. The summed E-state index contributed by atoms with van der Waals surface area (Å²) in [5, 5.41) is 23.7. The first kappa shape index (κ1) is 13.5. The average molecular weight is 372 g/mol. The van der Waals surface area contributed by atoms with Gasteiger partial charge in [0.15, 0.2) is 6.20 Å². The number of amides is 1. The number of carboxylic acid groups (broad SMARTS) is 1. The van der Waals surface area contributed by atoms with Gasteiger partial charge in [-0.2, -0.15) is 0 Å². The number of aromatic amines is 1. The highest BCUT2D eigenvalue weighted by Gasteiger charge is 2.22. The number of carboxylic acids is 1. The van der Waals surface area contributed by atoms with Crippen LogP contribution in [-0.4, -0.2) is 23.5 Å². The molecule has 0 spiro atoms. The Bertz CT molecular complexity index is 672. The topological polar surface area (TPSA) is 104 Å². The summed E-state index contributed by atoms with van der Waals surface area (Å²) in [5.41, 5.74) is -0.0873. The molecule has 0 atom stereocenters. The van der Waals surface area contributed by atoms with Crippen LogP contribution < -0.4 is 15.4 Å². The minimum atomic E-state index is -1.40. The first-order valence-electron chi connectivity index (χ1n) is 5.30. The quantitative estimate of drug-likeness (QED) is 0.706. The van der Waals surface area contributed by atoms with E-state index in [9.17, 15) is 19.8 Å². The molecule has 2 aromatic rings. The van der Waals surface area contributed by atoms with Crippen LogP contribution >= 0.6 is 22.6 Å². The van der Waals surface area contributed by atoms with Gasteiger partial charge in [-0.1, -0.05) is 12.1 Å². The number of aromatic hydroxyl groups is 1. The third kappa shape index (κ3) is 2.75. The van der Waals surface area contributed by atoms with E-state index >= 15 is 0 Å². The molecule has 0 fully saturated rings. The van der Waals surface area contributed by atoms with Gasteiger partial charge in [0.05, 0.1) is 17.9 Å². The van der Waals surface area contributed by atoms with E-state index in [0.717, 1.165) is 8.96 Å². The summed E-state index contributed by atoms with van der Waals surface area (Å²) < 4.78 is 0.920. The van der Waals surface area contributed by atoms with Crippen molar-refractivity contribution < 1.29 is 24.8 Å². The van der Waals surface area contributed by atoms with Crippen molar-refractivity contribution in [3.8, 4) is 5.75 Å². The van der Waals surface area contributed by atoms with Crippen LogP contribution in [0.3, 0.4) is 0 Å². The Morgan fingerprint density at radius 1 is 1.37 bits per heavy atom. The van der Waals surface area contributed by atoms with E-state index in [1.807, 2.05) is 6.07 Å². The number of aliphatic carboxylic acids is 1. The summed E-state index contributed by atoms with van der Waals surface area (Å²) in [6.07, 6.45) is 1.59. The molecular weight excluding hydrogens is 363 g/mol. The number of nitrogens with one attached hydrogen (secondary N) is 2. The summed E-state index contributed by atoms with van der Waals surface area (Å²) in [6, 6.07) is 5.30. The van der Waals surface area contributed by atoms with Crippen molar-refractivity contribution in [1.29, 1.82) is 0 Å². The van der Waals surface area contributed by atoms with Gasteiger partial charge >= 0.3 is 11.6 Å². The van der Waals surface area contributed by atoms with Crippen molar-refractivity contribution in [2.24, 2.45) is 0 Å². The van der Waals surface area contributed by atoms with Gasteiger partial charge < -0.3 is 20.3 Å². The second kappa shape index (κ2) is 5.39. The summed E-state index contributed by atoms with van der Waals surface area (Å²) in [5.74, 6) is -2.32. The van der Waals surface area contributed by atoms with Gasteiger partial charge in [0.2, 0.25) is 5.75 Å². The summed E-state index contributed by atoms with van der Waals surface area (Å²) in [6.45, 7) is -0.615. The molecule has 6 nitrogen and oxygen atoms in total. The van der Waals surface area contributed by atoms with Gasteiger partial charge in [-0.05, 0) is 28.7 Å². The summed E-state index contributed by atoms with van der Waals surface area (Å²) >= 11 is 2.11. The molecule has 98 valence electrons. The molecule has 0 bridgehead atoms. The Kier molecular flexibility index (Phi) is 3.84. The number of carbonyl (C=O) groups excluding carboxylic acids is 2. The Labute approximate surface area is 121 Å². The molecule has 0 saturated carbocycles. The van der Waals surface area contributed by atoms with Gasteiger partial charge in [-0.15, -0.1) is 0 Å². The van der Waals surface area contributed by atoms with E-state index in [0.29, 0.717) is 5.39 Å². The van der Waals surface area contributed by atoms with E-state index in [-0.39, 0.29) is 11.4 Å². The monoisotopic (exact) mass is 372 g/mol. The molecule has 1 amide bonds. The maximum absolute atomic E-state index is 11.7. The molecule has 7 heteroatoms. The molecular formula is C12H9IN2O4. The number of hydrogen-bond donors (Lipinski definition) is 2. The highest BCUT2D eigenvalue weighted by molar-refractivity contribution is 14.1. The normalized spacial score (nSPS) is 10.4. The van der Waals surface area contributed by atoms with Crippen molar-refractivity contribution in [2.75, 3.05) is 6.54 Å². The van der Waals surface area contributed by atoms with E-state index < -0.39 is 18.4 Å². The second-order valence-corrected chi connectivity index (χ2v) is 4.93. The highest BCUT2D eigenvalue weighted by atomic mass is 127. The van der Waals surface area contributed by atoms with E-state index in [1.165, 1.54) is 0 Å². The fraction of sp³-hybridized carbons (Fsp3) is 0.0833. The zero-order valence-corrected chi connectivity index (χ0v) is 11.7. The summed E-state index contributed by atoms with van der Waals surface area (Å²) in [4.78, 5) is 24.6.